The molecule has 0 aliphatic carbocycles. The highest BCUT2D eigenvalue weighted by Gasteiger charge is 2.19. The van der Waals surface area contributed by atoms with Crippen LogP contribution >= 0.6 is 0 Å². The maximum Gasteiger partial charge on any atom is 0.255 e. The Hall–Kier alpha value is -3.16. The minimum atomic E-state index is -3.63. The van der Waals surface area contributed by atoms with E-state index in [1.54, 1.807) is 30.3 Å². The van der Waals surface area contributed by atoms with Gasteiger partial charge in [-0.3, -0.25) is 4.79 Å². The first kappa shape index (κ1) is 19.6. The van der Waals surface area contributed by atoms with Crippen LogP contribution in [-0.2, 0) is 10.0 Å². The lowest BCUT2D eigenvalue weighted by atomic mass is 10.2. The molecule has 3 aromatic rings. The number of carbonyl (C=O) groups is 1. The summed E-state index contributed by atoms with van der Waals surface area (Å²) in [4.78, 5) is 12.7. The van der Waals surface area contributed by atoms with E-state index in [-0.39, 0.29) is 10.5 Å². The SMILES string of the molecule is CN(C)S(=O)(=O)c1cccc(C(=O)Nc2ccccc2Oc2ccccc2)c1. The number of para-hydroxylation sites is 3. The highest BCUT2D eigenvalue weighted by molar-refractivity contribution is 7.89. The second-order valence-electron chi connectivity index (χ2n) is 6.18. The fraction of sp³-hybridized carbons (Fsp3) is 0.0952. The van der Waals surface area contributed by atoms with Crippen LogP contribution in [0.5, 0.6) is 11.5 Å². The van der Waals surface area contributed by atoms with Gasteiger partial charge in [0.15, 0.2) is 5.75 Å². The van der Waals surface area contributed by atoms with Gasteiger partial charge in [0, 0.05) is 19.7 Å². The number of benzene rings is 3. The first-order chi connectivity index (χ1) is 13.4. The van der Waals surface area contributed by atoms with Crippen molar-refractivity contribution in [2.45, 2.75) is 4.90 Å². The van der Waals surface area contributed by atoms with Crippen molar-refractivity contribution in [2.75, 3.05) is 19.4 Å². The third-order valence-electron chi connectivity index (χ3n) is 3.98. The average Bonchev–Trinajstić information content (AvgIpc) is 2.70. The number of hydrogen-bond donors (Lipinski definition) is 1. The van der Waals surface area contributed by atoms with Crippen LogP contribution in [0, 0.1) is 0 Å². The van der Waals surface area contributed by atoms with Crippen molar-refractivity contribution in [3.63, 3.8) is 0 Å². The zero-order chi connectivity index (χ0) is 20.1. The summed E-state index contributed by atoms with van der Waals surface area (Å²) in [5, 5.41) is 2.78. The molecule has 0 spiro atoms. The van der Waals surface area contributed by atoms with E-state index in [4.69, 9.17) is 4.74 Å². The summed E-state index contributed by atoms with van der Waals surface area (Å²) >= 11 is 0. The second kappa shape index (κ2) is 8.24. The Kier molecular flexibility index (Phi) is 5.77. The standard InChI is InChI=1S/C21H20N2O4S/c1-23(2)28(25,26)18-12-8-9-16(15-18)21(24)22-19-13-6-7-14-20(19)27-17-10-4-3-5-11-17/h3-15H,1-2H3,(H,22,24). The number of ether oxygens (including phenoxy) is 1. The molecule has 0 fully saturated rings. The van der Waals surface area contributed by atoms with Gasteiger partial charge in [-0.2, -0.15) is 0 Å². The van der Waals surface area contributed by atoms with Crippen molar-refractivity contribution in [2.24, 2.45) is 0 Å². The molecule has 0 bridgehead atoms. The van der Waals surface area contributed by atoms with Gasteiger partial charge in [0.25, 0.3) is 5.91 Å². The first-order valence-corrected chi connectivity index (χ1v) is 9.98. The number of nitrogens with one attached hydrogen (secondary N) is 1. The molecule has 1 N–H and O–H groups in total. The fourth-order valence-corrected chi connectivity index (χ4v) is 3.43. The summed E-state index contributed by atoms with van der Waals surface area (Å²) in [5.41, 5.74) is 0.717. The predicted octanol–water partition coefficient (Wildman–Crippen LogP) is 3.98. The third kappa shape index (κ3) is 4.39. The van der Waals surface area contributed by atoms with E-state index >= 15 is 0 Å². The molecule has 7 heteroatoms. The van der Waals surface area contributed by atoms with Gasteiger partial charge in [-0.05, 0) is 42.5 Å². The van der Waals surface area contributed by atoms with E-state index in [0.29, 0.717) is 17.2 Å². The number of amides is 1. The molecule has 0 heterocycles. The van der Waals surface area contributed by atoms with Crippen LogP contribution in [0.3, 0.4) is 0 Å². The van der Waals surface area contributed by atoms with E-state index in [9.17, 15) is 13.2 Å². The van der Waals surface area contributed by atoms with Gasteiger partial charge in [0.1, 0.15) is 5.75 Å². The van der Waals surface area contributed by atoms with Gasteiger partial charge >= 0.3 is 0 Å². The van der Waals surface area contributed by atoms with Gasteiger partial charge in [0.2, 0.25) is 10.0 Å². The van der Waals surface area contributed by atoms with Crippen molar-refractivity contribution in [1.29, 1.82) is 0 Å². The number of rotatable bonds is 6. The molecular weight excluding hydrogens is 376 g/mol. The lowest BCUT2D eigenvalue weighted by Crippen LogP contribution is -2.22. The lowest BCUT2D eigenvalue weighted by Gasteiger charge is -2.14. The van der Waals surface area contributed by atoms with Crippen molar-refractivity contribution in [3.8, 4) is 11.5 Å². The predicted molar refractivity (Wildman–Crippen MR) is 108 cm³/mol. The molecule has 3 rings (SSSR count). The molecule has 0 aromatic heterocycles. The maximum atomic E-state index is 12.7. The number of anilines is 1. The molecule has 0 radical (unpaired) electrons. The molecule has 0 saturated heterocycles. The number of sulfonamides is 1. The van der Waals surface area contributed by atoms with Crippen LogP contribution in [0.15, 0.2) is 83.8 Å². The molecular formula is C21H20N2O4S. The second-order valence-corrected chi connectivity index (χ2v) is 8.33. The molecule has 28 heavy (non-hydrogen) atoms. The smallest absolute Gasteiger partial charge is 0.255 e. The molecule has 0 aliphatic rings. The van der Waals surface area contributed by atoms with Crippen molar-refractivity contribution in [3.05, 3.63) is 84.4 Å². The summed E-state index contributed by atoms with van der Waals surface area (Å²) in [6.45, 7) is 0. The molecule has 0 unspecified atom stereocenters. The van der Waals surface area contributed by atoms with Crippen LogP contribution in [0.4, 0.5) is 5.69 Å². The number of carbonyl (C=O) groups excluding carboxylic acids is 1. The Balaban J connectivity index is 1.85. The summed E-state index contributed by atoms with van der Waals surface area (Å²) in [7, 11) is -0.739. The number of nitrogens with zero attached hydrogens (tertiary/aromatic N) is 1. The van der Waals surface area contributed by atoms with Crippen LogP contribution in [0.2, 0.25) is 0 Å². The summed E-state index contributed by atoms with van der Waals surface area (Å²) < 4.78 is 31.5. The van der Waals surface area contributed by atoms with E-state index in [1.165, 1.54) is 32.3 Å². The molecule has 6 nitrogen and oxygen atoms in total. The summed E-state index contributed by atoms with van der Waals surface area (Å²) in [6, 6.07) is 22.2. The normalized spacial score (nSPS) is 11.2. The lowest BCUT2D eigenvalue weighted by molar-refractivity contribution is 0.102. The Morgan fingerprint density at radius 1 is 0.893 bits per heavy atom. The monoisotopic (exact) mass is 396 g/mol. The van der Waals surface area contributed by atoms with Gasteiger partial charge in [-0.1, -0.05) is 36.4 Å². The van der Waals surface area contributed by atoms with E-state index in [2.05, 4.69) is 5.32 Å². The Morgan fingerprint density at radius 3 is 2.29 bits per heavy atom. The van der Waals surface area contributed by atoms with Gasteiger partial charge in [-0.25, -0.2) is 12.7 Å². The largest absolute Gasteiger partial charge is 0.455 e. The van der Waals surface area contributed by atoms with Crippen molar-refractivity contribution >= 4 is 21.6 Å². The maximum absolute atomic E-state index is 12.7. The highest BCUT2D eigenvalue weighted by atomic mass is 32.2. The molecule has 1 amide bonds. The Morgan fingerprint density at radius 2 is 1.57 bits per heavy atom. The molecule has 144 valence electrons. The molecule has 0 atom stereocenters. The zero-order valence-corrected chi connectivity index (χ0v) is 16.3. The van der Waals surface area contributed by atoms with E-state index in [0.717, 1.165) is 4.31 Å². The minimum absolute atomic E-state index is 0.0546. The third-order valence-corrected chi connectivity index (χ3v) is 5.79. The molecule has 0 saturated carbocycles. The van der Waals surface area contributed by atoms with E-state index in [1.807, 2.05) is 30.3 Å². The Bertz CT molecular complexity index is 1080. The van der Waals surface area contributed by atoms with Crippen LogP contribution in [0.25, 0.3) is 0 Å². The van der Waals surface area contributed by atoms with Crippen LogP contribution in [0.1, 0.15) is 10.4 Å². The van der Waals surface area contributed by atoms with Crippen LogP contribution < -0.4 is 10.1 Å². The highest BCUT2D eigenvalue weighted by Crippen LogP contribution is 2.29. The summed E-state index contributed by atoms with van der Waals surface area (Å²) in [5.74, 6) is 0.697. The fourth-order valence-electron chi connectivity index (χ4n) is 2.48. The number of hydrogen-bond acceptors (Lipinski definition) is 4. The molecule has 3 aromatic carbocycles. The quantitative estimate of drug-likeness (QED) is 0.684. The Labute approximate surface area is 164 Å². The van der Waals surface area contributed by atoms with Gasteiger partial charge in [-0.15, -0.1) is 0 Å². The van der Waals surface area contributed by atoms with Gasteiger partial charge < -0.3 is 10.1 Å². The molecule has 0 aliphatic heterocycles. The zero-order valence-electron chi connectivity index (χ0n) is 15.5. The van der Waals surface area contributed by atoms with Crippen molar-refractivity contribution < 1.29 is 17.9 Å². The van der Waals surface area contributed by atoms with Gasteiger partial charge in [0.05, 0.1) is 10.6 Å². The van der Waals surface area contributed by atoms with Crippen LogP contribution in [-0.4, -0.2) is 32.7 Å². The van der Waals surface area contributed by atoms with Crippen molar-refractivity contribution in [1.82, 2.24) is 4.31 Å². The minimum Gasteiger partial charge on any atom is -0.455 e. The first-order valence-electron chi connectivity index (χ1n) is 8.54. The van der Waals surface area contributed by atoms with E-state index < -0.39 is 15.9 Å². The topological polar surface area (TPSA) is 75.7 Å². The average molecular weight is 396 g/mol. The summed E-state index contributed by atoms with van der Waals surface area (Å²) in [6.07, 6.45) is 0.